The molecule has 0 amide bonds. The van der Waals surface area contributed by atoms with E-state index in [2.05, 4.69) is 15.1 Å². The molecule has 0 spiro atoms. The molecule has 0 fully saturated rings. The number of rotatable bonds is 4. The van der Waals surface area contributed by atoms with Gasteiger partial charge in [-0.3, -0.25) is 4.79 Å². The Labute approximate surface area is 121 Å². The van der Waals surface area contributed by atoms with Crippen molar-refractivity contribution in [3.63, 3.8) is 0 Å². The van der Waals surface area contributed by atoms with Crippen molar-refractivity contribution >= 4 is 5.78 Å². The van der Waals surface area contributed by atoms with Gasteiger partial charge >= 0.3 is 0 Å². The molecule has 0 aliphatic heterocycles. The lowest BCUT2D eigenvalue weighted by molar-refractivity contribution is 0.103. The minimum atomic E-state index is -0.276. The molecule has 3 rings (SSSR count). The molecule has 2 heterocycles. The van der Waals surface area contributed by atoms with Crippen LogP contribution in [0.1, 0.15) is 16.1 Å². The summed E-state index contributed by atoms with van der Waals surface area (Å²) >= 11 is 0. The van der Waals surface area contributed by atoms with Crippen LogP contribution < -0.4 is 4.74 Å². The van der Waals surface area contributed by atoms with E-state index in [9.17, 15) is 4.79 Å². The number of ether oxygens (including phenoxy) is 1. The maximum absolute atomic E-state index is 12.4. The van der Waals surface area contributed by atoms with Crippen molar-refractivity contribution in [1.82, 2.24) is 19.7 Å². The molecule has 2 aromatic heterocycles. The molecule has 0 aliphatic rings. The molecule has 0 bridgehead atoms. The topological polar surface area (TPSA) is 69.9 Å². The van der Waals surface area contributed by atoms with Crippen LogP contribution in [0.15, 0.2) is 55.1 Å². The SMILES string of the molecule is COc1nccnc1C(=O)c1cnn(-c2ccccc2)c1. The standard InChI is InChI=1S/C15H12N4O2/c1-21-15-13(16-7-8-17-15)14(20)11-9-18-19(10-11)12-5-3-2-4-6-12/h2-10H,1H3. The first-order chi connectivity index (χ1) is 10.3. The van der Waals surface area contributed by atoms with Gasteiger partial charge in [0.2, 0.25) is 11.7 Å². The monoisotopic (exact) mass is 280 g/mol. The summed E-state index contributed by atoms with van der Waals surface area (Å²) in [7, 11) is 1.45. The Kier molecular flexibility index (Phi) is 3.42. The van der Waals surface area contributed by atoms with E-state index in [1.807, 2.05) is 30.3 Å². The van der Waals surface area contributed by atoms with Gasteiger partial charge in [0.1, 0.15) is 0 Å². The molecule has 1 aromatic carbocycles. The molecule has 0 N–H and O–H groups in total. The molecule has 3 aromatic rings. The zero-order valence-electron chi connectivity index (χ0n) is 11.3. The molecule has 6 heteroatoms. The molecule has 0 atom stereocenters. The molecule has 0 saturated carbocycles. The second-order valence-electron chi connectivity index (χ2n) is 4.25. The van der Waals surface area contributed by atoms with Crippen molar-refractivity contribution in [3.8, 4) is 11.6 Å². The Morgan fingerprint density at radius 1 is 1.14 bits per heavy atom. The smallest absolute Gasteiger partial charge is 0.243 e. The van der Waals surface area contributed by atoms with E-state index in [1.165, 1.54) is 25.7 Å². The van der Waals surface area contributed by atoms with Gasteiger partial charge < -0.3 is 4.74 Å². The van der Waals surface area contributed by atoms with Gasteiger partial charge in [-0.2, -0.15) is 5.10 Å². The number of nitrogens with zero attached hydrogens (tertiary/aromatic N) is 4. The first kappa shape index (κ1) is 13.0. The summed E-state index contributed by atoms with van der Waals surface area (Å²) in [5.41, 5.74) is 1.48. The maximum atomic E-state index is 12.4. The zero-order chi connectivity index (χ0) is 14.7. The summed E-state index contributed by atoms with van der Waals surface area (Å²) in [5, 5.41) is 4.20. The second kappa shape index (κ2) is 5.54. The quantitative estimate of drug-likeness (QED) is 0.683. The van der Waals surface area contributed by atoms with Crippen molar-refractivity contribution in [1.29, 1.82) is 0 Å². The molecule has 0 unspecified atom stereocenters. The molecule has 0 saturated heterocycles. The van der Waals surface area contributed by atoms with Gasteiger partial charge in [0.05, 0.1) is 24.6 Å². The largest absolute Gasteiger partial charge is 0.479 e. The maximum Gasteiger partial charge on any atom is 0.243 e. The number of benzene rings is 1. The molecule has 6 nitrogen and oxygen atoms in total. The Hall–Kier alpha value is -3.02. The number of carbonyl (C=O) groups is 1. The predicted octanol–water partition coefficient (Wildman–Crippen LogP) is 1.90. The van der Waals surface area contributed by atoms with Crippen LogP contribution in [-0.2, 0) is 0 Å². The molecule has 21 heavy (non-hydrogen) atoms. The Bertz CT molecular complexity index is 768. The summed E-state index contributed by atoms with van der Waals surface area (Å²) in [6.07, 6.45) is 6.09. The summed E-state index contributed by atoms with van der Waals surface area (Å²) in [6.45, 7) is 0. The third-order valence-electron chi connectivity index (χ3n) is 2.94. The van der Waals surface area contributed by atoms with Gasteiger partial charge in [-0.25, -0.2) is 14.6 Å². The lowest BCUT2D eigenvalue weighted by Crippen LogP contribution is -2.07. The van der Waals surface area contributed by atoms with Gasteiger partial charge in [-0.15, -0.1) is 0 Å². The minimum absolute atomic E-state index is 0.174. The van der Waals surface area contributed by atoms with Crippen molar-refractivity contribution < 1.29 is 9.53 Å². The fourth-order valence-electron chi connectivity index (χ4n) is 1.93. The number of para-hydroxylation sites is 1. The zero-order valence-corrected chi connectivity index (χ0v) is 11.3. The van der Waals surface area contributed by atoms with Gasteiger partial charge in [0, 0.05) is 18.6 Å². The van der Waals surface area contributed by atoms with Gasteiger partial charge in [-0.05, 0) is 12.1 Å². The van der Waals surface area contributed by atoms with Crippen LogP contribution in [0.25, 0.3) is 5.69 Å². The fourth-order valence-corrected chi connectivity index (χ4v) is 1.93. The third kappa shape index (κ3) is 2.51. The molecular formula is C15H12N4O2. The molecular weight excluding hydrogens is 268 g/mol. The van der Waals surface area contributed by atoms with E-state index in [1.54, 1.807) is 10.9 Å². The first-order valence-electron chi connectivity index (χ1n) is 6.29. The Morgan fingerprint density at radius 2 is 1.90 bits per heavy atom. The predicted molar refractivity (Wildman–Crippen MR) is 75.6 cm³/mol. The van der Waals surface area contributed by atoms with Crippen LogP contribution in [0.3, 0.4) is 0 Å². The van der Waals surface area contributed by atoms with E-state index in [0.717, 1.165) is 5.69 Å². The van der Waals surface area contributed by atoms with Gasteiger partial charge in [0.25, 0.3) is 0 Å². The normalized spacial score (nSPS) is 10.3. The summed E-state index contributed by atoms with van der Waals surface area (Å²) in [4.78, 5) is 20.4. The summed E-state index contributed by atoms with van der Waals surface area (Å²) < 4.78 is 6.69. The van der Waals surface area contributed by atoms with Gasteiger partial charge in [0.15, 0.2) is 5.69 Å². The average Bonchev–Trinajstić information content (AvgIpc) is 3.05. The Balaban J connectivity index is 1.95. The highest BCUT2D eigenvalue weighted by Crippen LogP contribution is 2.16. The number of hydrogen-bond donors (Lipinski definition) is 0. The summed E-state index contributed by atoms with van der Waals surface area (Å²) in [5.74, 6) is -0.0721. The lowest BCUT2D eigenvalue weighted by atomic mass is 10.2. The highest BCUT2D eigenvalue weighted by atomic mass is 16.5. The van der Waals surface area contributed by atoms with Crippen molar-refractivity contribution in [2.75, 3.05) is 7.11 Å². The van der Waals surface area contributed by atoms with Crippen LogP contribution >= 0.6 is 0 Å². The van der Waals surface area contributed by atoms with Crippen LogP contribution in [0, 0.1) is 0 Å². The van der Waals surface area contributed by atoms with E-state index in [-0.39, 0.29) is 17.4 Å². The number of ketones is 1. The third-order valence-corrected chi connectivity index (χ3v) is 2.94. The fraction of sp³-hybridized carbons (Fsp3) is 0.0667. The van der Waals surface area contributed by atoms with E-state index in [0.29, 0.717) is 5.56 Å². The first-order valence-corrected chi connectivity index (χ1v) is 6.29. The highest BCUT2D eigenvalue weighted by Gasteiger charge is 2.18. The molecule has 0 radical (unpaired) electrons. The number of carbonyl (C=O) groups excluding carboxylic acids is 1. The van der Waals surface area contributed by atoms with Crippen LogP contribution in [0.2, 0.25) is 0 Å². The highest BCUT2D eigenvalue weighted by molar-refractivity contribution is 6.08. The van der Waals surface area contributed by atoms with Crippen LogP contribution in [0.4, 0.5) is 0 Å². The number of hydrogen-bond acceptors (Lipinski definition) is 5. The van der Waals surface area contributed by atoms with E-state index in [4.69, 9.17) is 4.74 Å². The second-order valence-corrected chi connectivity index (χ2v) is 4.25. The minimum Gasteiger partial charge on any atom is -0.479 e. The van der Waals surface area contributed by atoms with Crippen LogP contribution in [0.5, 0.6) is 5.88 Å². The van der Waals surface area contributed by atoms with Crippen LogP contribution in [-0.4, -0.2) is 32.6 Å². The number of aromatic nitrogens is 4. The lowest BCUT2D eigenvalue weighted by Gasteiger charge is -2.03. The van der Waals surface area contributed by atoms with Crippen molar-refractivity contribution in [2.24, 2.45) is 0 Å². The van der Waals surface area contributed by atoms with Gasteiger partial charge in [-0.1, -0.05) is 18.2 Å². The number of methoxy groups -OCH3 is 1. The van der Waals surface area contributed by atoms with Crippen molar-refractivity contribution in [2.45, 2.75) is 0 Å². The van der Waals surface area contributed by atoms with E-state index >= 15 is 0 Å². The van der Waals surface area contributed by atoms with E-state index < -0.39 is 0 Å². The average molecular weight is 280 g/mol. The van der Waals surface area contributed by atoms with Crippen molar-refractivity contribution in [3.05, 3.63) is 66.4 Å². The molecule has 104 valence electrons. The summed E-state index contributed by atoms with van der Waals surface area (Å²) in [6, 6.07) is 9.55. The Morgan fingerprint density at radius 3 is 2.67 bits per heavy atom. The molecule has 0 aliphatic carbocycles.